The van der Waals surface area contributed by atoms with Gasteiger partial charge >= 0.3 is 0 Å². The summed E-state index contributed by atoms with van der Waals surface area (Å²) in [5, 5.41) is -0.573. The smallest absolute Gasteiger partial charge is 0.264 e. The maximum atomic E-state index is 13.0. The molecule has 9 heteroatoms. The molecule has 134 valence electrons. The molecule has 2 aromatic carbocycles. The summed E-state index contributed by atoms with van der Waals surface area (Å²) in [7, 11) is -7.37. The lowest BCUT2D eigenvalue weighted by Gasteiger charge is -2.31. The van der Waals surface area contributed by atoms with Crippen LogP contribution in [0.2, 0.25) is 0 Å². The standard InChI is InChI=1S/C16H17ClN2O4S2/c17-12-24(20,21)18-14-9-8-13-5-4-10-19(16(13)11-14)25(22,23)15-6-2-1-3-7-15/h1-3,6-9,11,18H,4-5,10,12H2. The van der Waals surface area contributed by atoms with E-state index in [1.54, 1.807) is 48.5 Å². The number of benzene rings is 2. The van der Waals surface area contributed by atoms with E-state index in [4.69, 9.17) is 11.6 Å². The molecular weight excluding hydrogens is 384 g/mol. The molecule has 3 rings (SSSR count). The highest BCUT2D eigenvalue weighted by Crippen LogP contribution is 2.34. The van der Waals surface area contributed by atoms with Gasteiger partial charge in [-0.3, -0.25) is 9.03 Å². The van der Waals surface area contributed by atoms with Crippen molar-refractivity contribution in [3.8, 4) is 0 Å². The number of nitrogens with one attached hydrogen (secondary N) is 1. The average molecular weight is 401 g/mol. The number of fused-ring (bicyclic) bond motifs is 1. The zero-order chi connectivity index (χ0) is 18.1. The second kappa shape index (κ2) is 6.86. The first-order chi connectivity index (χ1) is 11.8. The summed E-state index contributed by atoms with van der Waals surface area (Å²) in [5.41, 5.74) is 1.64. The summed E-state index contributed by atoms with van der Waals surface area (Å²) >= 11 is 5.41. The molecular formula is C16H17ClN2O4S2. The largest absolute Gasteiger partial charge is 0.282 e. The maximum Gasteiger partial charge on any atom is 0.264 e. The number of rotatable bonds is 5. The van der Waals surface area contributed by atoms with E-state index in [1.165, 1.54) is 4.31 Å². The number of hydrogen-bond acceptors (Lipinski definition) is 4. The highest BCUT2D eigenvalue weighted by molar-refractivity contribution is 7.93. The van der Waals surface area contributed by atoms with Crippen LogP contribution in [0.3, 0.4) is 0 Å². The molecule has 0 bridgehead atoms. The Labute approximate surface area is 152 Å². The molecule has 0 saturated heterocycles. The SMILES string of the molecule is O=S(=O)(CCl)Nc1ccc2c(c1)N(S(=O)(=O)c1ccccc1)CCC2. The normalized spacial score (nSPS) is 14.8. The van der Waals surface area contributed by atoms with Crippen LogP contribution in [-0.2, 0) is 26.5 Å². The third-order valence-corrected chi connectivity index (χ3v) is 7.43. The molecule has 0 fully saturated rings. The van der Waals surface area contributed by atoms with E-state index >= 15 is 0 Å². The maximum absolute atomic E-state index is 13.0. The summed E-state index contributed by atoms with van der Waals surface area (Å²) in [6, 6.07) is 13.1. The number of nitrogens with zero attached hydrogens (tertiary/aromatic N) is 1. The number of alkyl halides is 1. The first kappa shape index (κ1) is 18.0. The first-order valence-electron chi connectivity index (χ1n) is 7.61. The molecule has 25 heavy (non-hydrogen) atoms. The van der Waals surface area contributed by atoms with Crippen LogP contribution in [-0.4, -0.2) is 28.6 Å². The molecule has 1 aliphatic rings. The minimum Gasteiger partial charge on any atom is -0.282 e. The highest BCUT2D eigenvalue weighted by Gasteiger charge is 2.29. The second-order valence-corrected chi connectivity index (χ2v) is 9.83. The van der Waals surface area contributed by atoms with Crippen molar-refractivity contribution in [2.45, 2.75) is 17.7 Å². The van der Waals surface area contributed by atoms with Crippen molar-refractivity contribution in [2.75, 3.05) is 20.8 Å². The van der Waals surface area contributed by atoms with Crippen LogP contribution in [0.25, 0.3) is 0 Å². The van der Waals surface area contributed by atoms with E-state index in [2.05, 4.69) is 4.72 Å². The third-order valence-electron chi connectivity index (χ3n) is 3.91. The van der Waals surface area contributed by atoms with Crippen molar-refractivity contribution in [3.05, 3.63) is 54.1 Å². The molecule has 0 atom stereocenters. The Balaban J connectivity index is 2.04. The number of sulfonamides is 2. The van der Waals surface area contributed by atoms with E-state index in [0.717, 1.165) is 12.0 Å². The molecule has 1 aliphatic heterocycles. The fraction of sp³-hybridized carbons (Fsp3) is 0.250. The Hall–Kier alpha value is -1.77. The molecule has 1 heterocycles. The zero-order valence-electron chi connectivity index (χ0n) is 13.2. The molecule has 0 amide bonds. The fourth-order valence-corrected chi connectivity index (χ4v) is 5.04. The van der Waals surface area contributed by atoms with Gasteiger partial charge in [0, 0.05) is 6.54 Å². The summed E-state index contributed by atoms with van der Waals surface area (Å²) in [6.07, 6.45) is 1.44. The van der Waals surface area contributed by atoms with E-state index in [0.29, 0.717) is 18.7 Å². The van der Waals surface area contributed by atoms with Gasteiger partial charge in [-0.2, -0.15) is 0 Å². The lowest BCUT2D eigenvalue weighted by atomic mass is 10.0. The Morgan fingerprint density at radius 3 is 2.44 bits per heavy atom. The van der Waals surface area contributed by atoms with Crippen molar-refractivity contribution >= 4 is 43.0 Å². The average Bonchev–Trinajstić information content (AvgIpc) is 2.61. The van der Waals surface area contributed by atoms with Gasteiger partial charge in [-0.1, -0.05) is 24.3 Å². The molecule has 0 radical (unpaired) electrons. The van der Waals surface area contributed by atoms with Gasteiger partial charge in [0.25, 0.3) is 10.0 Å². The van der Waals surface area contributed by atoms with Crippen molar-refractivity contribution in [1.82, 2.24) is 0 Å². The number of halogens is 1. The minimum atomic E-state index is -3.71. The van der Waals surface area contributed by atoms with Crippen molar-refractivity contribution in [3.63, 3.8) is 0 Å². The third kappa shape index (κ3) is 3.75. The van der Waals surface area contributed by atoms with Crippen LogP contribution in [0.1, 0.15) is 12.0 Å². The second-order valence-electron chi connectivity index (χ2n) is 5.66. The summed E-state index contributed by atoms with van der Waals surface area (Å²) < 4.78 is 52.9. The van der Waals surface area contributed by atoms with Gasteiger partial charge in [-0.15, -0.1) is 11.6 Å². The van der Waals surface area contributed by atoms with Crippen molar-refractivity contribution in [1.29, 1.82) is 0 Å². The molecule has 0 aliphatic carbocycles. The van der Waals surface area contributed by atoms with Crippen LogP contribution in [0, 0.1) is 0 Å². The molecule has 0 unspecified atom stereocenters. The van der Waals surface area contributed by atoms with Gasteiger partial charge in [0.2, 0.25) is 10.0 Å². The van der Waals surface area contributed by atoms with Crippen LogP contribution in [0.15, 0.2) is 53.4 Å². The molecule has 0 aromatic heterocycles. The van der Waals surface area contributed by atoms with Crippen LogP contribution in [0.5, 0.6) is 0 Å². The van der Waals surface area contributed by atoms with Gasteiger partial charge in [0.1, 0.15) is 5.21 Å². The molecule has 0 saturated carbocycles. The summed E-state index contributed by atoms with van der Waals surface area (Å²) in [5.74, 6) is 0. The van der Waals surface area contributed by atoms with E-state index in [-0.39, 0.29) is 10.6 Å². The summed E-state index contributed by atoms with van der Waals surface area (Å²) in [4.78, 5) is 0.203. The Morgan fingerprint density at radius 1 is 1.04 bits per heavy atom. The van der Waals surface area contributed by atoms with E-state index in [1.807, 2.05) is 0 Å². The van der Waals surface area contributed by atoms with Crippen molar-refractivity contribution in [2.24, 2.45) is 0 Å². The van der Waals surface area contributed by atoms with Crippen LogP contribution < -0.4 is 9.03 Å². The van der Waals surface area contributed by atoms with Crippen molar-refractivity contribution < 1.29 is 16.8 Å². The Morgan fingerprint density at radius 2 is 1.76 bits per heavy atom. The molecule has 6 nitrogen and oxygen atoms in total. The molecule has 0 spiro atoms. The van der Waals surface area contributed by atoms with Gasteiger partial charge in [-0.05, 0) is 42.7 Å². The zero-order valence-corrected chi connectivity index (χ0v) is 15.6. The lowest BCUT2D eigenvalue weighted by molar-refractivity contribution is 0.586. The number of hydrogen-bond donors (Lipinski definition) is 1. The van der Waals surface area contributed by atoms with Gasteiger partial charge < -0.3 is 0 Å². The Kier molecular flexibility index (Phi) is 4.95. The fourth-order valence-electron chi connectivity index (χ4n) is 2.78. The summed E-state index contributed by atoms with van der Waals surface area (Å²) in [6.45, 7) is 0.343. The molecule has 1 N–H and O–H groups in total. The Bertz CT molecular complexity index is 976. The van der Waals surface area contributed by atoms with Crippen LogP contribution in [0.4, 0.5) is 11.4 Å². The predicted octanol–water partition coefficient (Wildman–Crippen LogP) is 2.77. The number of anilines is 2. The van der Waals surface area contributed by atoms with Gasteiger partial charge in [-0.25, -0.2) is 16.8 Å². The monoisotopic (exact) mass is 400 g/mol. The highest BCUT2D eigenvalue weighted by atomic mass is 35.5. The predicted molar refractivity (Wildman–Crippen MR) is 99.0 cm³/mol. The van der Waals surface area contributed by atoms with Gasteiger partial charge in [0.05, 0.1) is 16.3 Å². The lowest BCUT2D eigenvalue weighted by Crippen LogP contribution is -2.35. The molecule has 2 aromatic rings. The topological polar surface area (TPSA) is 83.6 Å². The quantitative estimate of drug-likeness (QED) is 0.782. The van der Waals surface area contributed by atoms with E-state index < -0.39 is 25.3 Å². The minimum absolute atomic E-state index is 0.203. The first-order valence-corrected chi connectivity index (χ1v) is 11.2. The van der Waals surface area contributed by atoms with Gasteiger partial charge in [0.15, 0.2) is 0 Å². The van der Waals surface area contributed by atoms with Crippen LogP contribution >= 0.6 is 11.6 Å². The van der Waals surface area contributed by atoms with E-state index in [9.17, 15) is 16.8 Å². The number of aryl methyl sites for hydroxylation is 1.